The average molecular weight is 375 g/mol. The lowest BCUT2D eigenvalue weighted by molar-refractivity contribution is -0.108. The number of rotatable bonds is 6. The molecule has 2 aliphatic heterocycles. The van der Waals surface area contributed by atoms with Crippen molar-refractivity contribution in [1.29, 1.82) is 0 Å². The average Bonchev–Trinajstić information content (AvgIpc) is 2.68. The Kier molecular flexibility index (Phi) is 4.86. The van der Waals surface area contributed by atoms with E-state index in [4.69, 9.17) is 9.49 Å². The maximum Gasteiger partial charge on any atom is 0.345 e. The molecular formula is C11H15BIN3O3. The molecule has 102 valence electrons. The number of hydrogen-bond acceptors (Lipinski definition) is 4. The number of carbonyl (C=O) groups is 1. The molecule has 0 aromatic rings. The van der Waals surface area contributed by atoms with Crippen molar-refractivity contribution >= 4 is 43.1 Å². The highest BCUT2D eigenvalue weighted by Gasteiger charge is 2.45. The van der Waals surface area contributed by atoms with Crippen molar-refractivity contribution in [3.8, 4) is 0 Å². The van der Waals surface area contributed by atoms with Gasteiger partial charge < -0.3 is 9.55 Å². The summed E-state index contributed by atoms with van der Waals surface area (Å²) in [6.45, 7) is 5.05. The molecule has 0 spiro atoms. The molecular weight excluding hydrogens is 360 g/mol. The lowest BCUT2D eigenvalue weighted by Crippen LogP contribution is -2.40. The lowest BCUT2D eigenvalue weighted by Gasteiger charge is -2.26. The van der Waals surface area contributed by atoms with Gasteiger partial charge in [0.2, 0.25) is 0 Å². The fraction of sp³-hybridized carbons (Fsp3) is 0.455. The summed E-state index contributed by atoms with van der Waals surface area (Å²) in [4.78, 5) is 23.6. The Morgan fingerprint density at radius 2 is 2.47 bits per heavy atom. The van der Waals surface area contributed by atoms with Gasteiger partial charge in [0.25, 0.3) is 0 Å². The number of urea groups is 1. The summed E-state index contributed by atoms with van der Waals surface area (Å²) >= 11 is 2.25. The van der Waals surface area contributed by atoms with Crippen LogP contribution in [0.5, 0.6) is 0 Å². The first kappa shape index (κ1) is 14.4. The first-order valence-electron chi connectivity index (χ1n) is 5.91. The number of hydrogen-bond donors (Lipinski definition) is 0. The monoisotopic (exact) mass is 375 g/mol. The van der Waals surface area contributed by atoms with Crippen LogP contribution in [0.3, 0.4) is 0 Å². The smallest absolute Gasteiger partial charge is 0.345 e. The van der Waals surface area contributed by atoms with Crippen molar-refractivity contribution in [2.45, 2.75) is 12.1 Å². The van der Waals surface area contributed by atoms with Gasteiger partial charge in [-0.25, -0.2) is 4.79 Å². The third kappa shape index (κ3) is 2.94. The second kappa shape index (κ2) is 6.42. The highest BCUT2D eigenvalue weighted by Crippen LogP contribution is 2.33. The summed E-state index contributed by atoms with van der Waals surface area (Å²) in [6.07, 6.45) is 5.07. The number of halogens is 1. The molecule has 0 aromatic carbocycles. The van der Waals surface area contributed by atoms with E-state index in [2.05, 4.69) is 40.2 Å². The lowest BCUT2D eigenvalue weighted by atomic mass is 10.1. The minimum atomic E-state index is -0.118. The van der Waals surface area contributed by atoms with Crippen LogP contribution in [0.2, 0.25) is 0 Å². The van der Waals surface area contributed by atoms with Crippen LogP contribution in [0.4, 0.5) is 4.79 Å². The van der Waals surface area contributed by atoms with Gasteiger partial charge in [-0.2, -0.15) is 5.06 Å². The van der Waals surface area contributed by atoms with E-state index in [1.165, 1.54) is 11.5 Å². The van der Waals surface area contributed by atoms with Crippen LogP contribution in [0.1, 0.15) is 0 Å². The summed E-state index contributed by atoms with van der Waals surface area (Å²) in [5.74, 6) is 0. The molecule has 0 saturated carbocycles. The van der Waals surface area contributed by atoms with Crippen molar-refractivity contribution in [3.05, 3.63) is 22.3 Å². The minimum Gasteiger partial charge on any atom is -0.560 e. The number of hydroxylamine groups is 2. The predicted molar refractivity (Wildman–Crippen MR) is 82.8 cm³/mol. The van der Waals surface area contributed by atoms with Gasteiger partial charge in [-0.05, 0) is 28.7 Å². The Morgan fingerprint density at radius 3 is 3.16 bits per heavy atom. The Hall–Kier alpha value is -1.03. The molecule has 2 atom stereocenters. The molecule has 2 rings (SSSR count). The zero-order valence-corrected chi connectivity index (χ0v) is 12.8. The Bertz CT molecular complexity index is 429. The molecule has 2 aliphatic rings. The van der Waals surface area contributed by atoms with E-state index >= 15 is 0 Å². The summed E-state index contributed by atoms with van der Waals surface area (Å²) in [5, 5.41) is 1.43. The third-order valence-corrected chi connectivity index (χ3v) is 4.04. The molecule has 0 unspecified atom stereocenters. The summed E-state index contributed by atoms with van der Waals surface area (Å²) in [7, 11) is 1.55. The van der Waals surface area contributed by atoms with E-state index in [0.717, 1.165) is 3.58 Å². The first-order valence-corrected chi connectivity index (χ1v) is 6.98. The van der Waals surface area contributed by atoms with Crippen LogP contribution in [0, 0.1) is 0 Å². The van der Waals surface area contributed by atoms with Crippen LogP contribution < -0.4 is 0 Å². The zero-order valence-electron chi connectivity index (χ0n) is 10.7. The van der Waals surface area contributed by atoms with E-state index < -0.39 is 0 Å². The van der Waals surface area contributed by atoms with Crippen LogP contribution in [0.15, 0.2) is 27.3 Å². The molecule has 1 fully saturated rings. The molecule has 8 heteroatoms. The van der Waals surface area contributed by atoms with Crippen molar-refractivity contribution in [2.24, 2.45) is 4.99 Å². The number of nitrogens with zero attached hydrogens (tertiary/aromatic N) is 3. The molecule has 2 heterocycles. The SMILES string of the molecule is BOC=NC[C@@H]1C=C(I)[C@@H]2CN1C(=O)N2OCC=C. The molecule has 0 aromatic heterocycles. The van der Waals surface area contributed by atoms with E-state index in [1.54, 1.807) is 19.0 Å². The Morgan fingerprint density at radius 1 is 1.68 bits per heavy atom. The van der Waals surface area contributed by atoms with E-state index in [1.807, 2.05) is 0 Å². The van der Waals surface area contributed by atoms with Gasteiger partial charge in [0.15, 0.2) is 6.40 Å². The fourth-order valence-corrected chi connectivity index (χ4v) is 2.98. The molecule has 0 aliphatic carbocycles. The molecule has 0 radical (unpaired) electrons. The van der Waals surface area contributed by atoms with E-state index in [9.17, 15) is 4.79 Å². The quantitative estimate of drug-likeness (QED) is 0.224. The Labute approximate surface area is 126 Å². The van der Waals surface area contributed by atoms with Gasteiger partial charge in [-0.15, -0.1) is 6.58 Å². The van der Waals surface area contributed by atoms with Crippen molar-refractivity contribution in [2.75, 3.05) is 19.7 Å². The second-order valence-corrected chi connectivity index (χ2v) is 5.43. The highest BCUT2D eigenvalue weighted by atomic mass is 127. The van der Waals surface area contributed by atoms with E-state index in [-0.39, 0.29) is 18.1 Å². The van der Waals surface area contributed by atoms with Gasteiger partial charge in [-0.1, -0.05) is 6.08 Å². The molecule has 2 bridgehead atoms. The maximum atomic E-state index is 12.3. The van der Waals surface area contributed by atoms with Gasteiger partial charge >= 0.3 is 14.1 Å². The molecule has 19 heavy (non-hydrogen) atoms. The number of carbonyl (C=O) groups excluding carboxylic acids is 1. The summed E-state index contributed by atoms with van der Waals surface area (Å²) in [5.41, 5.74) is 0. The van der Waals surface area contributed by atoms with Crippen molar-refractivity contribution in [1.82, 2.24) is 9.96 Å². The first-order chi connectivity index (χ1) is 9.19. The Balaban J connectivity index is 2.09. The van der Waals surface area contributed by atoms with Crippen LogP contribution in [0.25, 0.3) is 0 Å². The van der Waals surface area contributed by atoms with Crippen molar-refractivity contribution < 1.29 is 14.3 Å². The third-order valence-electron chi connectivity index (χ3n) is 2.96. The topological polar surface area (TPSA) is 54.4 Å². The second-order valence-electron chi connectivity index (χ2n) is 4.19. The summed E-state index contributed by atoms with van der Waals surface area (Å²) in [6, 6.07) is -0.178. The van der Waals surface area contributed by atoms with E-state index in [0.29, 0.717) is 19.7 Å². The van der Waals surface area contributed by atoms with Crippen molar-refractivity contribution in [3.63, 3.8) is 0 Å². The largest absolute Gasteiger partial charge is 0.560 e. The van der Waals surface area contributed by atoms with Gasteiger partial charge in [-0.3, -0.25) is 9.83 Å². The molecule has 0 N–H and O–H groups in total. The predicted octanol–water partition coefficient (Wildman–Crippen LogP) is 0.504. The van der Waals surface area contributed by atoms with Crippen LogP contribution >= 0.6 is 22.6 Å². The maximum absolute atomic E-state index is 12.3. The summed E-state index contributed by atoms with van der Waals surface area (Å²) < 4.78 is 5.87. The van der Waals surface area contributed by atoms with Gasteiger partial charge in [0.05, 0.1) is 25.7 Å². The number of fused-ring (bicyclic) bond motifs is 2. The fourth-order valence-electron chi connectivity index (χ4n) is 2.11. The minimum absolute atomic E-state index is 0.0179. The molecule has 6 nitrogen and oxygen atoms in total. The zero-order chi connectivity index (χ0) is 13.8. The standard InChI is InChI=1S/C11H15BIN3O3/c1-2-3-19-16-10-6-15(11(16)17)8(4-9(10)13)5-14-7-18-12/h2,4,7-8,10H,1,3,5-6,12H2/t8-,10-/m0/s1. The van der Waals surface area contributed by atoms with Gasteiger partial charge in [0, 0.05) is 3.58 Å². The van der Waals surface area contributed by atoms with Gasteiger partial charge in [0.1, 0.15) is 6.04 Å². The number of aliphatic imine (C=N–C) groups is 1. The molecule has 1 saturated heterocycles. The number of amides is 2. The molecule has 2 amide bonds. The highest BCUT2D eigenvalue weighted by molar-refractivity contribution is 14.1. The normalized spacial score (nSPS) is 25.9. The van der Waals surface area contributed by atoms with Crippen LogP contribution in [-0.4, -0.2) is 62.2 Å². The van der Waals surface area contributed by atoms with Crippen LogP contribution in [-0.2, 0) is 9.49 Å².